The molecule has 0 fully saturated rings. The standard InChI is InChI=1S/C19H18ClNO3/c1-12(2)23-19-13(5-4-6-17(19)22-3)7-10-18-21-15-11-14(20)8-9-16(15)24-18/h4-12H,1-3H3/b10-7+. The second-order valence-corrected chi connectivity index (χ2v) is 5.98. The summed E-state index contributed by atoms with van der Waals surface area (Å²) >= 11 is 5.97. The van der Waals surface area contributed by atoms with E-state index in [4.69, 9.17) is 25.5 Å². The normalized spacial score (nSPS) is 11.5. The van der Waals surface area contributed by atoms with Gasteiger partial charge in [-0.25, -0.2) is 4.98 Å². The van der Waals surface area contributed by atoms with Crippen LogP contribution in [0.25, 0.3) is 23.3 Å². The molecule has 0 aliphatic heterocycles. The number of methoxy groups -OCH3 is 1. The van der Waals surface area contributed by atoms with E-state index in [9.17, 15) is 0 Å². The van der Waals surface area contributed by atoms with Crippen LogP contribution in [-0.4, -0.2) is 18.2 Å². The van der Waals surface area contributed by atoms with Gasteiger partial charge in [-0.05, 0) is 44.2 Å². The van der Waals surface area contributed by atoms with Crippen LogP contribution in [0.15, 0.2) is 40.8 Å². The maximum absolute atomic E-state index is 5.97. The van der Waals surface area contributed by atoms with Crippen LogP contribution in [0.4, 0.5) is 0 Å². The molecule has 4 nitrogen and oxygen atoms in total. The van der Waals surface area contributed by atoms with E-state index in [0.29, 0.717) is 28.0 Å². The molecule has 0 N–H and O–H groups in total. The van der Waals surface area contributed by atoms with Crippen LogP contribution in [-0.2, 0) is 0 Å². The second kappa shape index (κ2) is 6.97. The molecule has 1 heterocycles. The lowest BCUT2D eigenvalue weighted by Gasteiger charge is -2.15. The summed E-state index contributed by atoms with van der Waals surface area (Å²) in [5, 5.41) is 0.631. The first-order chi connectivity index (χ1) is 11.6. The lowest BCUT2D eigenvalue weighted by molar-refractivity contribution is 0.229. The van der Waals surface area contributed by atoms with Crippen LogP contribution < -0.4 is 9.47 Å². The third-order valence-electron chi connectivity index (χ3n) is 3.35. The number of para-hydroxylation sites is 1. The van der Waals surface area contributed by atoms with E-state index in [1.54, 1.807) is 31.4 Å². The first-order valence-corrected chi connectivity index (χ1v) is 8.02. The van der Waals surface area contributed by atoms with Crippen LogP contribution in [0.1, 0.15) is 25.3 Å². The molecule has 3 rings (SSSR count). The predicted molar refractivity (Wildman–Crippen MR) is 96.7 cm³/mol. The van der Waals surface area contributed by atoms with Crippen molar-refractivity contribution in [3.63, 3.8) is 0 Å². The number of hydrogen-bond donors (Lipinski definition) is 0. The Bertz CT molecular complexity index is 883. The Balaban J connectivity index is 1.95. The molecule has 0 aliphatic carbocycles. The van der Waals surface area contributed by atoms with E-state index in [2.05, 4.69) is 4.98 Å². The number of hydrogen-bond acceptors (Lipinski definition) is 4. The van der Waals surface area contributed by atoms with E-state index in [1.165, 1.54) is 0 Å². The van der Waals surface area contributed by atoms with Crippen LogP contribution in [0, 0.1) is 0 Å². The highest BCUT2D eigenvalue weighted by atomic mass is 35.5. The van der Waals surface area contributed by atoms with Gasteiger partial charge in [-0.3, -0.25) is 0 Å². The summed E-state index contributed by atoms with van der Waals surface area (Å²) in [7, 11) is 1.63. The summed E-state index contributed by atoms with van der Waals surface area (Å²) in [6.07, 6.45) is 3.74. The quantitative estimate of drug-likeness (QED) is 0.618. The van der Waals surface area contributed by atoms with Crippen LogP contribution in [0.3, 0.4) is 0 Å². The Morgan fingerprint density at radius 1 is 1.17 bits per heavy atom. The Morgan fingerprint density at radius 2 is 2.00 bits per heavy atom. The minimum Gasteiger partial charge on any atom is -0.493 e. The van der Waals surface area contributed by atoms with Crippen LogP contribution in [0.2, 0.25) is 5.02 Å². The van der Waals surface area contributed by atoms with E-state index in [1.807, 2.05) is 38.1 Å². The molecule has 0 radical (unpaired) electrons. The SMILES string of the molecule is COc1cccc(/C=C/c2nc3cc(Cl)ccc3o2)c1OC(C)C. The lowest BCUT2D eigenvalue weighted by Crippen LogP contribution is -2.07. The van der Waals surface area contributed by atoms with E-state index in [-0.39, 0.29) is 6.10 Å². The van der Waals surface area contributed by atoms with Crippen molar-refractivity contribution in [1.29, 1.82) is 0 Å². The topological polar surface area (TPSA) is 44.5 Å². The van der Waals surface area contributed by atoms with Crippen molar-refractivity contribution in [2.75, 3.05) is 7.11 Å². The second-order valence-electron chi connectivity index (χ2n) is 5.54. The Hall–Kier alpha value is -2.46. The zero-order valence-electron chi connectivity index (χ0n) is 13.7. The monoisotopic (exact) mass is 343 g/mol. The summed E-state index contributed by atoms with van der Waals surface area (Å²) < 4.78 is 17.0. The fourth-order valence-electron chi connectivity index (χ4n) is 2.34. The third-order valence-corrected chi connectivity index (χ3v) is 3.59. The fraction of sp³-hybridized carbons (Fsp3) is 0.211. The van der Waals surface area contributed by atoms with E-state index >= 15 is 0 Å². The van der Waals surface area contributed by atoms with Crippen molar-refractivity contribution >= 4 is 34.9 Å². The number of nitrogens with zero attached hydrogens (tertiary/aromatic N) is 1. The highest BCUT2D eigenvalue weighted by Gasteiger charge is 2.11. The summed E-state index contributed by atoms with van der Waals surface area (Å²) in [5.41, 5.74) is 2.32. The minimum absolute atomic E-state index is 0.0416. The van der Waals surface area contributed by atoms with Crippen LogP contribution in [0.5, 0.6) is 11.5 Å². The molecule has 0 aliphatic rings. The number of halogens is 1. The van der Waals surface area contributed by atoms with Gasteiger partial charge in [0.25, 0.3) is 0 Å². The van der Waals surface area contributed by atoms with Gasteiger partial charge in [0.05, 0.1) is 13.2 Å². The number of benzene rings is 2. The molecule has 0 bridgehead atoms. The van der Waals surface area contributed by atoms with Gasteiger partial charge < -0.3 is 13.9 Å². The molecule has 0 atom stereocenters. The predicted octanol–water partition coefficient (Wildman–Crippen LogP) is 5.45. The summed E-state index contributed by atoms with van der Waals surface area (Å²) in [6, 6.07) is 11.1. The molecule has 24 heavy (non-hydrogen) atoms. The molecule has 5 heteroatoms. The maximum atomic E-state index is 5.97. The van der Waals surface area contributed by atoms with Crippen molar-refractivity contribution < 1.29 is 13.9 Å². The summed E-state index contributed by atoms with van der Waals surface area (Å²) in [5.74, 6) is 1.89. The first kappa shape index (κ1) is 16.4. The largest absolute Gasteiger partial charge is 0.493 e. The number of aromatic nitrogens is 1. The summed E-state index contributed by atoms with van der Waals surface area (Å²) in [6.45, 7) is 3.95. The van der Waals surface area contributed by atoms with Gasteiger partial charge in [0, 0.05) is 16.7 Å². The minimum atomic E-state index is 0.0416. The molecule has 1 aromatic heterocycles. The molecular formula is C19H18ClNO3. The number of rotatable bonds is 5. The van der Waals surface area contributed by atoms with Crippen LogP contribution >= 0.6 is 11.6 Å². The molecule has 2 aromatic carbocycles. The molecule has 0 spiro atoms. The Morgan fingerprint density at radius 3 is 2.75 bits per heavy atom. The summed E-state index contributed by atoms with van der Waals surface area (Å²) in [4.78, 5) is 4.41. The van der Waals surface area contributed by atoms with Gasteiger partial charge in [-0.15, -0.1) is 0 Å². The molecule has 3 aromatic rings. The van der Waals surface area contributed by atoms with E-state index in [0.717, 1.165) is 11.1 Å². The molecule has 0 saturated carbocycles. The van der Waals surface area contributed by atoms with Crippen molar-refractivity contribution in [1.82, 2.24) is 4.98 Å². The zero-order valence-corrected chi connectivity index (χ0v) is 14.5. The van der Waals surface area contributed by atoms with Gasteiger partial charge in [0.1, 0.15) is 5.52 Å². The molecule has 124 valence electrons. The van der Waals surface area contributed by atoms with Crippen molar-refractivity contribution in [2.45, 2.75) is 20.0 Å². The van der Waals surface area contributed by atoms with Crippen molar-refractivity contribution in [3.8, 4) is 11.5 Å². The van der Waals surface area contributed by atoms with Crippen molar-refractivity contribution in [2.24, 2.45) is 0 Å². The van der Waals surface area contributed by atoms with Gasteiger partial charge in [0.2, 0.25) is 5.89 Å². The third kappa shape index (κ3) is 3.54. The Kier molecular flexibility index (Phi) is 4.76. The highest BCUT2D eigenvalue weighted by molar-refractivity contribution is 6.31. The Labute approximate surface area is 145 Å². The van der Waals surface area contributed by atoms with Gasteiger partial charge in [-0.1, -0.05) is 23.7 Å². The van der Waals surface area contributed by atoms with E-state index < -0.39 is 0 Å². The molecular weight excluding hydrogens is 326 g/mol. The molecule has 0 amide bonds. The van der Waals surface area contributed by atoms with Crippen molar-refractivity contribution in [3.05, 3.63) is 52.9 Å². The lowest BCUT2D eigenvalue weighted by atomic mass is 10.1. The average molecular weight is 344 g/mol. The fourth-order valence-corrected chi connectivity index (χ4v) is 2.50. The first-order valence-electron chi connectivity index (χ1n) is 7.64. The molecule has 0 saturated heterocycles. The van der Waals surface area contributed by atoms with Gasteiger partial charge in [-0.2, -0.15) is 0 Å². The highest BCUT2D eigenvalue weighted by Crippen LogP contribution is 2.33. The molecule has 0 unspecified atom stereocenters. The number of oxazole rings is 1. The number of fused-ring (bicyclic) bond motifs is 1. The maximum Gasteiger partial charge on any atom is 0.220 e. The smallest absolute Gasteiger partial charge is 0.220 e. The average Bonchev–Trinajstić information content (AvgIpc) is 2.95. The zero-order chi connectivity index (χ0) is 17.1. The number of ether oxygens (including phenoxy) is 2. The van der Waals surface area contributed by atoms with Gasteiger partial charge in [0.15, 0.2) is 17.1 Å². The van der Waals surface area contributed by atoms with Gasteiger partial charge >= 0.3 is 0 Å².